The number of halogens is 1. The van der Waals surface area contributed by atoms with E-state index in [-0.39, 0.29) is 0 Å². The topological polar surface area (TPSA) is 24.9 Å². The van der Waals surface area contributed by atoms with Crippen molar-refractivity contribution in [3.8, 4) is 0 Å². The van der Waals surface area contributed by atoms with Crippen molar-refractivity contribution in [2.75, 3.05) is 13.6 Å². The summed E-state index contributed by atoms with van der Waals surface area (Å²) in [5, 5.41) is 3.27. The molecule has 14 heavy (non-hydrogen) atoms. The molecule has 0 aromatic carbocycles. The Balaban J connectivity index is 2.03. The standard InChI is InChI=1S/C11H15BrN2/c1-13-8-11(2-3-11)5-9-4-10(12)7-14-6-9/h4,6-7,13H,2-3,5,8H2,1H3. The number of hydrogen-bond acceptors (Lipinski definition) is 2. The Bertz CT molecular complexity index is 321. The van der Waals surface area contributed by atoms with Gasteiger partial charge in [0.2, 0.25) is 0 Å². The summed E-state index contributed by atoms with van der Waals surface area (Å²) in [5.74, 6) is 0. The van der Waals surface area contributed by atoms with Crippen LogP contribution in [0.5, 0.6) is 0 Å². The number of hydrogen-bond donors (Lipinski definition) is 1. The van der Waals surface area contributed by atoms with Crippen LogP contribution in [0.2, 0.25) is 0 Å². The van der Waals surface area contributed by atoms with Crippen LogP contribution in [-0.2, 0) is 6.42 Å². The minimum atomic E-state index is 0.525. The molecule has 1 aliphatic rings. The van der Waals surface area contributed by atoms with Crippen molar-refractivity contribution in [2.24, 2.45) is 5.41 Å². The minimum Gasteiger partial charge on any atom is -0.319 e. The van der Waals surface area contributed by atoms with Crippen LogP contribution in [0.4, 0.5) is 0 Å². The van der Waals surface area contributed by atoms with Crippen LogP contribution >= 0.6 is 15.9 Å². The SMILES string of the molecule is CNCC1(Cc2cncc(Br)c2)CC1. The van der Waals surface area contributed by atoms with Gasteiger partial charge in [-0.25, -0.2) is 0 Å². The minimum absolute atomic E-state index is 0.525. The Hall–Kier alpha value is -0.410. The van der Waals surface area contributed by atoms with Crippen LogP contribution in [0.1, 0.15) is 18.4 Å². The second-order valence-corrected chi connectivity index (χ2v) is 5.13. The molecule has 1 saturated carbocycles. The van der Waals surface area contributed by atoms with Gasteiger partial charge in [-0.05, 0) is 59.3 Å². The van der Waals surface area contributed by atoms with Crippen LogP contribution in [0.15, 0.2) is 22.9 Å². The Morgan fingerprint density at radius 1 is 1.50 bits per heavy atom. The lowest BCUT2D eigenvalue weighted by molar-refractivity contribution is 0.477. The van der Waals surface area contributed by atoms with Gasteiger partial charge in [-0.1, -0.05) is 0 Å². The van der Waals surface area contributed by atoms with E-state index in [4.69, 9.17) is 0 Å². The van der Waals surface area contributed by atoms with Crippen molar-refractivity contribution in [1.29, 1.82) is 0 Å². The summed E-state index contributed by atoms with van der Waals surface area (Å²) >= 11 is 3.45. The van der Waals surface area contributed by atoms with E-state index < -0.39 is 0 Å². The third kappa shape index (κ3) is 2.34. The van der Waals surface area contributed by atoms with Gasteiger partial charge in [0.15, 0.2) is 0 Å². The predicted octanol–water partition coefficient (Wildman–Crippen LogP) is 2.39. The van der Waals surface area contributed by atoms with Gasteiger partial charge in [0.1, 0.15) is 0 Å². The first-order valence-electron chi connectivity index (χ1n) is 4.98. The molecular formula is C11H15BrN2. The monoisotopic (exact) mass is 254 g/mol. The molecule has 0 saturated heterocycles. The maximum atomic E-state index is 4.19. The second-order valence-electron chi connectivity index (χ2n) is 4.22. The average molecular weight is 255 g/mol. The van der Waals surface area contributed by atoms with E-state index in [2.05, 4.69) is 32.3 Å². The maximum Gasteiger partial charge on any atom is 0.0410 e. The van der Waals surface area contributed by atoms with Gasteiger partial charge in [-0.2, -0.15) is 0 Å². The maximum absolute atomic E-state index is 4.19. The number of pyridine rings is 1. The fraction of sp³-hybridized carbons (Fsp3) is 0.545. The lowest BCUT2D eigenvalue weighted by Crippen LogP contribution is -2.21. The molecule has 1 aromatic heterocycles. The molecule has 1 aliphatic carbocycles. The van der Waals surface area contributed by atoms with Crippen LogP contribution in [0, 0.1) is 5.41 Å². The lowest BCUT2D eigenvalue weighted by Gasteiger charge is -2.14. The quantitative estimate of drug-likeness (QED) is 0.893. The van der Waals surface area contributed by atoms with Crippen molar-refractivity contribution in [2.45, 2.75) is 19.3 Å². The van der Waals surface area contributed by atoms with Crippen molar-refractivity contribution in [3.63, 3.8) is 0 Å². The van der Waals surface area contributed by atoms with E-state index in [1.807, 2.05) is 19.4 Å². The molecule has 1 aromatic rings. The summed E-state index contributed by atoms with van der Waals surface area (Å²) in [6.45, 7) is 1.12. The van der Waals surface area contributed by atoms with Crippen molar-refractivity contribution in [1.82, 2.24) is 10.3 Å². The molecule has 0 aliphatic heterocycles. The highest BCUT2D eigenvalue weighted by atomic mass is 79.9. The zero-order valence-electron chi connectivity index (χ0n) is 8.39. The molecule has 0 amide bonds. The molecule has 0 atom stereocenters. The predicted molar refractivity (Wildman–Crippen MR) is 61.2 cm³/mol. The fourth-order valence-corrected chi connectivity index (χ4v) is 2.37. The normalized spacial score (nSPS) is 18.1. The van der Waals surface area contributed by atoms with Gasteiger partial charge >= 0.3 is 0 Å². The van der Waals surface area contributed by atoms with Crippen molar-refractivity contribution >= 4 is 15.9 Å². The molecule has 0 radical (unpaired) electrons. The van der Waals surface area contributed by atoms with Crippen LogP contribution in [-0.4, -0.2) is 18.6 Å². The summed E-state index contributed by atoms with van der Waals surface area (Å²) in [7, 11) is 2.03. The van der Waals surface area contributed by atoms with Gasteiger partial charge in [0, 0.05) is 23.4 Å². The second kappa shape index (κ2) is 3.99. The van der Waals surface area contributed by atoms with Gasteiger partial charge in [0.25, 0.3) is 0 Å². The largest absolute Gasteiger partial charge is 0.319 e. The summed E-state index contributed by atoms with van der Waals surface area (Å²) in [6, 6.07) is 2.17. The van der Waals surface area contributed by atoms with E-state index in [0.717, 1.165) is 17.4 Å². The summed E-state index contributed by atoms with van der Waals surface area (Å²) in [5.41, 5.74) is 1.86. The van der Waals surface area contributed by atoms with E-state index in [9.17, 15) is 0 Å². The molecular weight excluding hydrogens is 240 g/mol. The highest BCUT2D eigenvalue weighted by Gasteiger charge is 2.41. The average Bonchev–Trinajstić information content (AvgIpc) is 2.85. The van der Waals surface area contributed by atoms with E-state index >= 15 is 0 Å². The third-order valence-electron chi connectivity index (χ3n) is 2.85. The van der Waals surface area contributed by atoms with Crippen molar-refractivity contribution in [3.05, 3.63) is 28.5 Å². The number of nitrogens with one attached hydrogen (secondary N) is 1. The van der Waals surface area contributed by atoms with Gasteiger partial charge in [0.05, 0.1) is 0 Å². The third-order valence-corrected chi connectivity index (χ3v) is 3.28. The first-order chi connectivity index (χ1) is 6.74. The first kappa shape index (κ1) is 10.1. The zero-order valence-corrected chi connectivity index (χ0v) is 9.97. The van der Waals surface area contributed by atoms with Crippen LogP contribution in [0.3, 0.4) is 0 Å². The summed E-state index contributed by atoms with van der Waals surface area (Å²) in [6.07, 6.45) is 7.66. The van der Waals surface area contributed by atoms with Gasteiger partial charge < -0.3 is 5.32 Å². The molecule has 3 heteroatoms. The summed E-state index contributed by atoms with van der Waals surface area (Å²) in [4.78, 5) is 4.19. The molecule has 0 bridgehead atoms. The van der Waals surface area contributed by atoms with E-state index in [0.29, 0.717) is 5.41 Å². The molecule has 0 spiro atoms. The smallest absolute Gasteiger partial charge is 0.0410 e. The molecule has 1 fully saturated rings. The van der Waals surface area contributed by atoms with Gasteiger partial charge in [-0.3, -0.25) is 4.98 Å². The molecule has 0 unspecified atom stereocenters. The molecule has 2 nitrogen and oxygen atoms in total. The van der Waals surface area contributed by atoms with E-state index in [1.54, 1.807) is 0 Å². The molecule has 1 N–H and O–H groups in total. The highest BCUT2D eigenvalue weighted by molar-refractivity contribution is 9.10. The molecule has 1 heterocycles. The zero-order chi connectivity index (χ0) is 10.0. The van der Waals surface area contributed by atoms with Crippen LogP contribution < -0.4 is 5.32 Å². The number of rotatable bonds is 4. The fourth-order valence-electron chi connectivity index (χ4n) is 1.95. The highest BCUT2D eigenvalue weighted by Crippen LogP contribution is 2.47. The molecule has 2 rings (SSSR count). The number of aromatic nitrogens is 1. The first-order valence-corrected chi connectivity index (χ1v) is 5.77. The lowest BCUT2D eigenvalue weighted by atomic mass is 9.98. The number of nitrogens with zero attached hydrogens (tertiary/aromatic N) is 1. The molecule has 76 valence electrons. The Kier molecular flexibility index (Phi) is 2.88. The summed E-state index contributed by atoms with van der Waals surface area (Å²) < 4.78 is 1.08. The van der Waals surface area contributed by atoms with Crippen LogP contribution in [0.25, 0.3) is 0 Å². The Labute approximate surface area is 93.3 Å². The van der Waals surface area contributed by atoms with E-state index in [1.165, 1.54) is 18.4 Å². The van der Waals surface area contributed by atoms with Crippen molar-refractivity contribution < 1.29 is 0 Å². The Morgan fingerprint density at radius 3 is 2.86 bits per heavy atom. The van der Waals surface area contributed by atoms with Gasteiger partial charge in [-0.15, -0.1) is 0 Å². The Morgan fingerprint density at radius 2 is 2.29 bits per heavy atom.